The molecule has 0 saturated carbocycles. The number of rotatable bonds is 6. The summed E-state index contributed by atoms with van der Waals surface area (Å²) in [7, 11) is 1.50. The number of aromatic hydroxyl groups is 2. The number of nitriles is 1. The number of benzene rings is 2. The molecular weight excluding hydrogens is 452 g/mol. The Morgan fingerprint density at radius 2 is 1.66 bits per heavy atom. The predicted octanol–water partition coefficient (Wildman–Crippen LogP) is 3.67. The summed E-state index contributed by atoms with van der Waals surface area (Å²) in [6, 6.07) is 10.5. The third-order valence-electron chi connectivity index (χ3n) is 5.79. The fraction of sp³-hybridized carbons (Fsp3) is 0.200. The standard InChI is InChI=1S/C25H20N4O6/c1-13-16(12-26)24(33)29(10-5-11-35-2)25(34)21(13)28-27-17-8-3-6-14-19(17)22(31)15-7-4-9-18(30)20(15)23(14)32/h3-4,6-9,30,33H,5,10-11H2,1-2H3. The summed E-state index contributed by atoms with van der Waals surface area (Å²) in [5.41, 5.74) is -0.779. The maximum Gasteiger partial charge on any atom is 0.281 e. The zero-order valence-electron chi connectivity index (χ0n) is 18.9. The molecule has 0 aliphatic heterocycles. The number of azo groups is 1. The Balaban J connectivity index is 1.84. The second-order valence-corrected chi connectivity index (χ2v) is 7.84. The number of ketones is 2. The molecule has 10 heteroatoms. The minimum absolute atomic E-state index is 0.00305. The third-order valence-corrected chi connectivity index (χ3v) is 5.79. The van der Waals surface area contributed by atoms with E-state index in [9.17, 15) is 29.9 Å². The van der Waals surface area contributed by atoms with Gasteiger partial charge in [0.05, 0.1) is 16.8 Å². The van der Waals surface area contributed by atoms with Crippen molar-refractivity contribution in [2.24, 2.45) is 10.2 Å². The minimum Gasteiger partial charge on any atom is -0.507 e. The lowest BCUT2D eigenvalue weighted by atomic mass is 9.83. The molecule has 2 N–H and O–H groups in total. The maximum absolute atomic E-state index is 13.2. The molecular formula is C25H20N4O6. The lowest BCUT2D eigenvalue weighted by molar-refractivity contribution is 0.0977. The highest BCUT2D eigenvalue weighted by molar-refractivity contribution is 6.30. The van der Waals surface area contributed by atoms with E-state index in [-0.39, 0.29) is 57.0 Å². The Morgan fingerprint density at radius 3 is 2.34 bits per heavy atom. The number of pyridine rings is 1. The number of phenolic OH excluding ortho intramolecular Hbond substituents is 1. The molecule has 0 unspecified atom stereocenters. The van der Waals surface area contributed by atoms with Crippen LogP contribution in [0.3, 0.4) is 0 Å². The zero-order valence-corrected chi connectivity index (χ0v) is 18.9. The van der Waals surface area contributed by atoms with Gasteiger partial charge in [-0.3, -0.25) is 19.0 Å². The molecule has 4 rings (SSSR count). The fourth-order valence-electron chi connectivity index (χ4n) is 4.02. The monoisotopic (exact) mass is 472 g/mol. The SMILES string of the molecule is COCCCn1c(O)c(C#N)c(C)c(N=Nc2cccc3c2C(=O)c2cccc(O)c2C3=O)c1=O. The molecule has 0 amide bonds. The molecule has 0 bridgehead atoms. The van der Waals surface area contributed by atoms with Crippen molar-refractivity contribution in [3.05, 3.63) is 80.1 Å². The van der Waals surface area contributed by atoms with Gasteiger partial charge in [0.15, 0.2) is 17.3 Å². The van der Waals surface area contributed by atoms with Crippen molar-refractivity contribution in [1.82, 2.24) is 4.57 Å². The van der Waals surface area contributed by atoms with E-state index in [4.69, 9.17) is 4.74 Å². The predicted molar refractivity (Wildman–Crippen MR) is 124 cm³/mol. The Morgan fingerprint density at radius 1 is 1.00 bits per heavy atom. The van der Waals surface area contributed by atoms with Crippen LogP contribution >= 0.6 is 0 Å². The van der Waals surface area contributed by atoms with Crippen LogP contribution in [-0.4, -0.2) is 40.1 Å². The van der Waals surface area contributed by atoms with Crippen molar-refractivity contribution in [2.45, 2.75) is 19.9 Å². The average molecular weight is 472 g/mol. The summed E-state index contributed by atoms with van der Waals surface area (Å²) in [5, 5.41) is 38.2. The number of ether oxygens (including phenoxy) is 1. The van der Waals surface area contributed by atoms with Crippen LogP contribution < -0.4 is 5.56 Å². The van der Waals surface area contributed by atoms with E-state index in [1.54, 1.807) is 0 Å². The lowest BCUT2D eigenvalue weighted by Gasteiger charge is -2.19. The van der Waals surface area contributed by atoms with Crippen molar-refractivity contribution in [1.29, 1.82) is 5.26 Å². The summed E-state index contributed by atoms with van der Waals surface area (Å²) in [5.74, 6) is -1.81. The van der Waals surface area contributed by atoms with Gasteiger partial charge in [-0.05, 0) is 25.5 Å². The quantitative estimate of drug-likeness (QED) is 0.320. The highest BCUT2D eigenvalue weighted by Gasteiger charge is 2.33. The van der Waals surface area contributed by atoms with E-state index in [1.165, 1.54) is 50.4 Å². The van der Waals surface area contributed by atoms with Crippen LogP contribution in [0.5, 0.6) is 11.6 Å². The van der Waals surface area contributed by atoms with Gasteiger partial charge in [0.2, 0.25) is 5.88 Å². The van der Waals surface area contributed by atoms with E-state index in [1.807, 2.05) is 6.07 Å². The molecule has 3 aromatic rings. The first kappa shape index (κ1) is 23.5. The Bertz CT molecular complexity index is 1510. The van der Waals surface area contributed by atoms with Crippen molar-refractivity contribution in [2.75, 3.05) is 13.7 Å². The normalized spacial score (nSPS) is 12.5. The average Bonchev–Trinajstić information content (AvgIpc) is 2.84. The molecule has 1 aliphatic carbocycles. The van der Waals surface area contributed by atoms with Gasteiger partial charge >= 0.3 is 0 Å². The summed E-state index contributed by atoms with van der Waals surface area (Å²) in [6.45, 7) is 1.88. The van der Waals surface area contributed by atoms with Gasteiger partial charge in [-0.1, -0.05) is 24.3 Å². The second kappa shape index (κ2) is 9.32. The van der Waals surface area contributed by atoms with Gasteiger partial charge in [-0.2, -0.15) is 5.26 Å². The topological polar surface area (TPSA) is 154 Å². The van der Waals surface area contributed by atoms with Crippen molar-refractivity contribution in [3.63, 3.8) is 0 Å². The molecule has 0 atom stereocenters. The van der Waals surface area contributed by atoms with Crippen LogP contribution in [0.1, 0.15) is 49.4 Å². The number of methoxy groups -OCH3 is 1. The fourth-order valence-corrected chi connectivity index (χ4v) is 4.02. The summed E-state index contributed by atoms with van der Waals surface area (Å²) < 4.78 is 6.00. The van der Waals surface area contributed by atoms with Crippen LogP contribution in [0.4, 0.5) is 11.4 Å². The van der Waals surface area contributed by atoms with Gasteiger partial charge in [0.25, 0.3) is 5.56 Å². The van der Waals surface area contributed by atoms with E-state index >= 15 is 0 Å². The first-order chi connectivity index (χ1) is 16.8. The van der Waals surface area contributed by atoms with Crippen LogP contribution in [-0.2, 0) is 11.3 Å². The highest BCUT2D eigenvalue weighted by atomic mass is 16.5. The molecule has 0 saturated heterocycles. The second-order valence-electron chi connectivity index (χ2n) is 7.84. The number of hydrogen-bond donors (Lipinski definition) is 2. The van der Waals surface area contributed by atoms with Crippen molar-refractivity contribution in [3.8, 4) is 17.7 Å². The number of aromatic nitrogens is 1. The van der Waals surface area contributed by atoms with Crippen molar-refractivity contribution >= 4 is 22.9 Å². The largest absolute Gasteiger partial charge is 0.507 e. The molecule has 1 aromatic heterocycles. The van der Waals surface area contributed by atoms with E-state index < -0.39 is 23.0 Å². The van der Waals surface area contributed by atoms with E-state index in [0.29, 0.717) is 13.0 Å². The van der Waals surface area contributed by atoms with Crippen LogP contribution in [0.2, 0.25) is 0 Å². The van der Waals surface area contributed by atoms with Gasteiger partial charge < -0.3 is 14.9 Å². The van der Waals surface area contributed by atoms with Crippen molar-refractivity contribution < 1.29 is 24.5 Å². The van der Waals surface area contributed by atoms with E-state index in [0.717, 1.165) is 4.57 Å². The number of carbonyl (C=O) groups is 2. The third kappa shape index (κ3) is 3.88. The number of phenols is 1. The Labute approximate surface area is 199 Å². The summed E-state index contributed by atoms with van der Waals surface area (Å²) in [6.07, 6.45) is 0.406. The highest BCUT2D eigenvalue weighted by Crippen LogP contribution is 2.37. The number of carbonyl (C=O) groups excluding carboxylic acids is 2. The Hall–Kier alpha value is -4.62. The van der Waals surface area contributed by atoms with Crippen LogP contribution in [0, 0.1) is 18.3 Å². The maximum atomic E-state index is 13.2. The molecule has 10 nitrogen and oxygen atoms in total. The first-order valence-electron chi connectivity index (χ1n) is 10.6. The number of fused-ring (bicyclic) bond motifs is 2. The first-order valence-corrected chi connectivity index (χ1v) is 10.6. The Kier molecular flexibility index (Phi) is 6.27. The molecule has 35 heavy (non-hydrogen) atoms. The molecule has 2 aromatic carbocycles. The van der Waals surface area contributed by atoms with Gasteiger partial charge in [-0.15, -0.1) is 10.2 Å². The molecule has 1 aliphatic rings. The molecule has 176 valence electrons. The minimum atomic E-state index is -0.665. The summed E-state index contributed by atoms with van der Waals surface area (Å²) >= 11 is 0. The number of hydrogen-bond acceptors (Lipinski definition) is 9. The zero-order chi connectivity index (χ0) is 25.3. The smallest absolute Gasteiger partial charge is 0.281 e. The van der Waals surface area contributed by atoms with Gasteiger partial charge in [0.1, 0.15) is 17.4 Å². The van der Waals surface area contributed by atoms with Gasteiger partial charge in [0, 0.05) is 37.0 Å². The number of nitrogens with zero attached hydrogens (tertiary/aromatic N) is 4. The molecule has 0 fully saturated rings. The van der Waals surface area contributed by atoms with Crippen LogP contribution in [0.25, 0.3) is 0 Å². The molecule has 0 radical (unpaired) electrons. The van der Waals surface area contributed by atoms with Crippen LogP contribution in [0.15, 0.2) is 51.4 Å². The van der Waals surface area contributed by atoms with E-state index in [2.05, 4.69) is 10.2 Å². The molecule has 1 heterocycles. The molecule has 0 spiro atoms. The lowest BCUT2D eigenvalue weighted by Crippen LogP contribution is -2.22. The van der Waals surface area contributed by atoms with Gasteiger partial charge in [-0.25, -0.2) is 0 Å². The summed E-state index contributed by atoms with van der Waals surface area (Å²) in [4.78, 5) is 39.2.